The highest BCUT2D eigenvalue weighted by molar-refractivity contribution is 9.10. The number of rotatable bonds is 6. The lowest BCUT2D eigenvalue weighted by Crippen LogP contribution is -2.20. The molecular weight excluding hydrogens is 284 g/mol. The van der Waals surface area contributed by atoms with Gasteiger partial charge in [-0.1, -0.05) is 35.9 Å². The van der Waals surface area contributed by atoms with E-state index in [1.807, 2.05) is 6.92 Å². The van der Waals surface area contributed by atoms with Crippen molar-refractivity contribution in [1.82, 2.24) is 0 Å². The standard InChI is InChI=1S/C9H18BrClO2Si/c1-4-8(10)9(12)13-6-5-7-14(2,3)11/h8H,4-7H2,1-3H3. The summed E-state index contributed by atoms with van der Waals surface area (Å²) >= 11 is 9.37. The van der Waals surface area contributed by atoms with Gasteiger partial charge in [-0.2, -0.15) is 11.1 Å². The third kappa shape index (κ3) is 7.82. The van der Waals surface area contributed by atoms with Crippen LogP contribution in [0.5, 0.6) is 0 Å². The van der Waals surface area contributed by atoms with Crippen molar-refractivity contribution in [2.24, 2.45) is 0 Å². The topological polar surface area (TPSA) is 26.3 Å². The smallest absolute Gasteiger partial charge is 0.319 e. The van der Waals surface area contributed by atoms with Gasteiger partial charge >= 0.3 is 5.97 Å². The second-order valence-corrected chi connectivity index (χ2v) is 12.0. The highest BCUT2D eigenvalue weighted by Gasteiger charge is 2.17. The molecule has 0 fully saturated rings. The largest absolute Gasteiger partial charge is 0.465 e. The van der Waals surface area contributed by atoms with Crippen LogP contribution in [0.15, 0.2) is 0 Å². The molecule has 1 unspecified atom stereocenters. The van der Waals surface area contributed by atoms with E-state index in [1.165, 1.54) is 0 Å². The fourth-order valence-corrected chi connectivity index (χ4v) is 2.44. The summed E-state index contributed by atoms with van der Waals surface area (Å²) < 4.78 is 5.07. The van der Waals surface area contributed by atoms with Gasteiger partial charge in [0.2, 0.25) is 0 Å². The Morgan fingerprint density at radius 2 is 2.14 bits per heavy atom. The third-order valence-electron chi connectivity index (χ3n) is 1.77. The zero-order valence-corrected chi connectivity index (χ0v) is 12.3. The molecule has 0 radical (unpaired) electrons. The Labute approximate surface area is 100 Å². The molecule has 0 aromatic carbocycles. The van der Waals surface area contributed by atoms with Crippen LogP contribution in [0.1, 0.15) is 19.8 Å². The predicted molar refractivity (Wildman–Crippen MR) is 66.7 cm³/mol. The number of esters is 1. The molecule has 0 rings (SSSR count). The van der Waals surface area contributed by atoms with E-state index in [0.717, 1.165) is 18.9 Å². The molecule has 0 aromatic heterocycles. The molecule has 0 heterocycles. The molecule has 0 aliphatic rings. The summed E-state index contributed by atoms with van der Waals surface area (Å²) in [5.41, 5.74) is 0. The third-order valence-corrected chi connectivity index (χ3v) is 4.90. The van der Waals surface area contributed by atoms with Crippen molar-refractivity contribution in [3.8, 4) is 0 Å². The number of hydrogen-bond donors (Lipinski definition) is 0. The minimum absolute atomic E-state index is 0.163. The lowest BCUT2D eigenvalue weighted by Gasteiger charge is -2.13. The van der Waals surface area contributed by atoms with Crippen molar-refractivity contribution in [2.45, 2.75) is 43.7 Å². The normalized spacial score (nSPS) is 13.8. The highest BCUT2D eigenvalue weighted by Crippen LogP contribution is 2.16. The van der Waals surface area contributed by atoms with E-state index in [1.54, 1.807) is 0 Å². The van der Waals surface area contributed by atoms with Crippen LogP contribution in [-0.4, -0.2) is 24.8 Å². The number of ether oxygens (including phenoxy) is 1. The van der Waals surface area contributed by atoms with Crippen LogP contribution < -0.4 is 0 Å². The van der Waals surface area contributed by atoms with Crippen molar-refractivity contribution < 1.29 is 9.53 Å². The van der Waals surface area contributed by atoms with Gasteiger partial charge in [-0.15, -0.1) is 0 Å². The van der Waals surface area contributed by atoms with E-state index >= 15 is 0 Å². The summed E-state index contributed by atoms with van der Waals surface area (Å²) in [6, 6.07) is 0.987. The summed E-state index contributed by atoms with van der Waals surface area (Å²) in [4.78, 5) is 11.0. The Kier molecular flexibility index (Phi) is 7.08. The molecule has 2 nitrogen and oxygen atoms in total. The van der Waals surface area contributed by atoms with E-state index < -0.39 is 7.38 Å². The molecule has 5 heteroatoms. The first-order chi connectivity index (χ1) is 6.37. The summed E-state index contributed by atoms with van der Waals surface area (Å²) in [7, 11) is -1.50. The minimum atomic E-state index is -1.50. The minimum Gasteiger partial charge on any atom is -0.465 e. The van der Waals surface area contributed by atoms with Crippen LogP contribution in [0.3, 0.4) is 0 Å². The fraction of sp³-hybridized carbons (Fsp3) is 0.889. The quantitative estimate of drug-likeness (QED) is 0.247. The number of halogens is 2. The Bertz CT molecular complexity index is 182. The molecule has 14 heavy (non-hydrogen) atoms. The van der Waals surface area contributed by atoms with Gasteiger partial charge in [0.15, 0.2) is 7.38 Å². The van der Waals surface area contributed by atoms with Gasteiger partial charge in [-0.3, -0.25) is 4.79 Å². The second-order valence-electron chi connectivity index (χ2n) is 3.87. The summed E-state index contributed by atoms with van der Waals surface area (Å²) in [6.07, 6.45) is 1.63. The number of carbonyl (C=O) groups excluding carboxylic acids is 1. The van der Waals surface area contributed by atoms with Crippen LogP contribution in [-0.2, 0) is 9.53 Å². The SMILES string of the molecule is CCC(Br)C(=O)OCCC[Si](C)(C)Cl. The summed E-state index contributed by atoms with van der Waals surface area (Å²) in [5.74, 6) is -0.165. The van der Waals surface area contributed by atoms with Gasteiger partial charge < -0.3 is 4.74 Å². The van der Waals surface area contributed by atoms with Gasteiger partial charge in [-0.25, -0.2) is 0 Å². The monoisotopic (exact) mass is 300 g/mol. The van der Waals surface area contributed by atoms with Crippen LogP contribution in [0.4, 0.5) is 0 Å². The van der Waals surface area contributed by atoms with Gasteiger partial charge in [0.25, 0.3) is 0 Å². The van der Waals surface area contributed by atoms with E-state index in [0.29, 0.717) is 6.61 Å². The van der Waals surface area contributed by atoms with E-state index in [-0.39, 0.29) is 10.8 Å². The molecule has 0 aliphatic heterocycles. The van der Waals surface area contributed by atoms with Crippen molar-refractivity contribution in [2.75, 3.05) is 6.61 Å². The maximum absolute atomic E-state index is 11.2. The fourth-order valence-electron chi connectivity index (χ4n) is 0.922. The molecule has 0 spiro atoms. The van der Waals surface area contributed by atoms with Crippen molar-refractivity contribution >= 4 is 40.4 Å². The van der Waals surface area contributed by atoms with E-state index in [2.05, 4.69) is 29.0 Å². The van der Waals surface area contributed by atoms with Gasteiger partial charge in [0.05, 0.1) is 6.61 Å². The maximum atomic E-state index is 11.2. The second kappa shape index (κ2) is 6.85. The molecule has 0 N–H and O–H groups in total. The molecule has 0 saturated carbocycles. The first-order valence-electron chi connectivity index (χ1n) is 4.86. The average molecular weight is 302 g/mol. The molecule has 0 aliphatic carbocycles. The zero-order valence-electron chi connectivity index (χ0n) is 8.98. The van der Waals surface area contributed by atoms with Crippen molar-refractivity contribution in [1.29, 1.82) is 0 Å². The molecule has 1 atom stereocenters. The first kappa shape index (κ1) is 14.5. The van der Waals surface area contributed by atoms with E-state index in [4.69, 9.17) is 15.8 Å². The number of alkyl halides is 1. The molecular formula is C9H18BrClO2Si. The Morgan fingerprint density at radius 1 is 1.57 bits per heavy atom. The maximum Gasteiger partial charge on any atom is 0.319 e. The van der Waals surface area contributed by atoms with E-state index in [9.17, 15) is 4.79 Å². The molecule has 0 saturated heterocycles. The van der Waals surface area contributed by atoms with Gasteiger partial charge in [0, 0.05) is 0 Å². The average Bonchev–Trinajstić information content (AvgIpc) is 2.09. The Balaban J connectivity index is 3.51. The van der Waals surface area contributed by atoms with Crippen LogP contribution in [0.2, 0.25) is 19.1 Å². The van der Waals surface area contributed by atoms with Gasteiger partial charge in [-0.05, 0) is 18.9 Å². The van der Waals surface area contributed by atoms with Crippen molar-refractivity contribution in [3.05, 3.63) is 0 Å². The Morgan fingerprint density at radius 3 is 2.57 bits per heavy atom. The molecule has 0 amide bonds. The first-order valence-corrected chi connectivity index (χ1v) is 10.00. The van der Waals surface area contributed by atoms with Crippen LogP contribution >= 0.6 is 27.0 Å². The van der Waals surface area contributed by atoms with Crippen LogP contribution in [0, 0.1) is 0 Å². The lowest BCUT2D eigenvalue weighted by molar-refractivity contribution is -0.142. The molecule has 84 valence electrons. The summed E-state index contributed by atoms with van der Waals surface area (Å²) in [6.45, 7) is 6.62. The van der Waals surface area contributed by atoms with Crippen LogP contribution in [0.25, 0.3) is 0 Å². The Hall–Kier alpha value is 0.457. The lowest BCUT2D eigenvalue weighted by atomic mass is 10.3. The summed E-state index contributed by atoms with van der Waals surface area (Å²) in [5, 5.41) is 0. The number of carbonyl (C=O) groups is 1. The predicted octanol–water partition coefficient (Wildman–Crippen LogP) is 3.54. The number of hydrogen-bond acceptors (Lipinski definition) is 2. The molecule has 0 aromatic rings. The highest BCUT2D eigenvalue weighted by atomic mass is 79.9. The molecule has 0 bridgehead atoms. The van der Waals surface area contributed by atoms with Crippen molar-refractivity contribution in [3.63, 3.8) is 0 Å². The zero-order chi connectivity index (χ0) is 11.2. The van der Waals surface area contributed by atoms with Gasteiger partial charge in [0.1, 0.15) is 4.83 Å².